The average Bonchev–Trinajstić information content (AvgIpc) is 0.811. The summed E-state index contributed by atoms with van der Waals surface area (Å²) in [5.41, 5.74) is 0. The van der Waals surface area contributed by atoms with Crippen LogP contribution >= 0.6 is 0 Å². The van der Waals surface area contributed by atoms with Crippen molar-refractivity contribution in [1.29, 1.82) is 0 Å². The molecule has 0 spiro atoms. The minimum Gasteiger partial charge on any atom is -2.00 e. The van der Waals surface area contributed by atoms with Crippen LogP contribution in [0.4, 0.5) is 0 Å². The number of carboxylic acid groups (broad SMARTS) is 1. The third-order valence-corrected chi connectivity index (χ3v) is 0. The van der Waals surface area contributed by atoms with E-state index in [-0.39, 0.29) is 52.3 Å². The van der Waals surface area contributed by atoms with Gasteiger partial charge in [-0.2, -0.15) is 0 Å². The maximum absolute atomic E-state index is 8.89. The van der Waals surface area contributed by atoms with Gasteiger partial charge < -0.3 is 15.4 Å². The van der Waals surface area contributed by atoms with E-state index in [1.807, 2.05) is 0 Å². The number of rotatable bonds is 0. The molecule has 0 radical (unpaired) electrons. The van der Waals surface area contributed by atoms with Crippen molar-refractivity contribution < 1.29 is 62.2 Å². The van der Waals surface area contributed by atoms with Crippen LogP contribution in [-0.4, -0.2) is 5.97 Å². The molecule has 32 valence electrons. The molecule has 0 saturated heterocycles. The Morgan fingerprint density at radius 1 is 1.57 bits per heavy atom. The van der Waals surface area contributed by atoms with Crippen LogP contribution in [0.1, 0.15) is 6.92 Å². The zero-order valence-corrected chi connectivity index (χ0v) is 11.1. The Kier molecular flexibility index (Phi) is 55.3. The molecule has 7 heavy (non-hydrogen) atoms. The van der Waals surface area contributed by atoms with Crippen LogP contribution in [0.2, 0.25) is 0 Å². The van der Waals surface area contributed by atoms with Crippen LogP contribution in [0.15, 0.2) is 0 Å². The van der Waals surface area contributed by atoms with E-state index in [1.54, 1.807) is 0 Å². The van der Waals surface area contributed by atoms with Gasteiger partial charge in [0.2, 0.25) is 0 Å². The minimum atomic E-state index is -1.08. The summed E-state index contributed by atoms with van der Waals surface area (Å²) in [6.07, 6.45) is 0. The van der Waals surface area contributed by atoms with Crippen LogP contribution < -0.4 is 5.11 Å². The second kappa shape index (κ2) is 15.8. The second-order valence-electron chi connectivity index (χ2n) is 0.492. The van der Waals surface area contributed by atoms with Crippen molar-refractivity contribution in [2.45, 2.75) is 6.92 Å². The van der Waals surface area contributed by atoms with E-state index in [0.717, 1.165) is 6.92 Å². The van der Waals surface area contributed by atoms with E-state index in [4.69, 9.17) is 9.90 Å². The molecule has 5 heteroatoms. The zero-order valence-electron chi connectivity index (χ0n) is 4.14. The van der Waals surface area contributed by atoms with E-state index in [2.05, 4.69) is 0 Å². The Labute approximate surface area is 74.7 Å². The molecule has 0 amide bonds. The van der Waals surface area contributed by atoms with Crippen molar-refractivity contribution in [1.82, 2.24) is 0 Å². The van der Waals surface area contributed by atoms with Gasteiger partial charge in [-0.1, -0.05) is 0 Å². The van der Waals surface area contributed by atoms with Crippen LogP contribution in [0, 0.1) is 0 Å². The third-order valence-electron chi connectivity index (χ3n) is 0. The molecule has 0 rings (SSSR count). The summed E-state index contributed by atoms with van der Waals surface area (Å²) in [5.74, 6) is -1.08. The van der Waals surface area contributed by atoms with E-state index in [0.29, 0.717) is 0 Å². The van der Waals surface area contributed by atoms with Crippen LogP contribution in [-0.2, 0) is 57.0 Å². The fourth-order valence-electron chi connectivity index (χ4n) is 0. The van der Waals surface area contributed by atoms with Gasteiger partial charge in [-0.05, 0) is 6.92 Å². The molecule has 0 saturated carbocycles. The minimum absolute atomic E-state index is 0. The molecule has 3 nitrogen and oxygen atoms in total. The van der Waals surface area contributed by atoms with Crippen molar-refractivity contribution in [2.75, 3.05) is 0 Å². The van der Waals surface area contributed by atoms with E-state index < -0.39 is 5.97 Å². The molecular formula is C2H3CdO3Zn+. The van der Waals surface area contributed by atoms with E-state index in [9.17, 15) is 0 Å². The van der Waals surface area contributed by atoms with Crippen molar-refractivity contribution in [3.8, 4) is 0 Å². The van der Waals surface area contributed by atoms with Gasteiger partial charge >= 0.3 is 46.8 Å². The molecule has 0 aromatic heterocycles. The predicted octanol–water partition coefficient (Wildman–Crippen LogP) is -1.37. The van der Waals surface area contributed by atoms with Crippen LogP contribution in [0.25, 0.3) is 0 Å². The predicted molar refractivity (Wildman–Crippen MR) is 11.4 cm³/mol. The van der Waals surface area contributed by atoms with Gasteiger partial charge in [0.15, 0.2) is 0 Å². The number of aliphatic carboxylic acids is 1. The van der Waals surface area contributed by atoms with Crippen molar-refractivity contribution in [2.24, 2.45) is 0 Å². The van der Waals surface area contributed by atoms with Crippen molar-refractivity contribution in [3.05, 3.63) is 0 Å². The zero-order chi connectivity index (χ0) is 3.58. The summed E-state index contributed by atoms with van der Waals surface area (Å²) in [6.45, 7) is 0.972. The molecular weight excluding hydrogens is 250 g/mol. The van der Waals surface area contributed by atoms with Crippen molar-refractivity contribution in [3.63, 3.8) is 0 Å². The fourth-order valence-corrected chi connectivity index (χ4v) is 0. The molecule has 0 heterocycles. The summed E-state index contributed by atoms with van der Waals surface area (Å²) in [6, 6.07) is 0. The molecule has 0 aromatic carbocycles. The Hall–Kier alpha value is 0.975. The molecule has 0 aliphatic heterocycles. The second-order valence-corrected chi connectivity index (χ2v) is 0.492. The SMILES string of the molecule is CC(=O)[O-].[Cd+2].[O-2].[Zn+2]. The number of carbonyl (C=O) groups excluding carboxylic acids is 1. The average molecular weight is 253 g/mol. The molecule has 0 aromatic rings. The summed E-state index contributed by atoms with van der Waals surface area (Å²) in [5, 5.41) is 8.89. The first-order valence-electron chi connectivity index (χ1n) is 0.908. The largest absolute Gasteiger partial charge is 2.00 e. The topological polar surface area (TPSA) is 68.6 Å². The first kappa shape index (κ1) is 24.6. The summed E-state index contributed by atoms with van der Waals surface area (Å²) in [7, 11) is 0. The fraction of sp³-hybridized carbons (Fsp3) is 0.500. The standard InChI is InChI=1S/C2H4O2.Cd.O.Zn/c1-2(3)4;;;/h1H3,(H,3,4);;;/q;+2;-2;+2/p-1. The Balaban J connectivity index is -0.0000000150. The normalized spacial score (nSPS) is 3.57. The van der Waals surface area contributed by atoms with Crippen LogP contribution in [0.3, 0.4) is 0 Å². The van der Waals surface area contributed by atoms with Gasteiger partial charge in [0.1, 0.15) is 0 Å². The summed E-state index contributed by atoms with van der Waals surface area (Å²) >= 11 is 0. The first-order valence-corrected chi connectivity index (χ1v) is 0.908. The first-order chi connectivity index (χ1) is 1.73. The monoisotopic (exact) mass is 253 g/mol. The molecule has 0 fully saturated rings. The van der Waals surface area contributed by atoms with E-state index >= 15 is 0 Å². The smallest absolute Gasteiger partial charge is 2.00 e. The Bertz CT molecular complexity index is 35.9. The number of hydrogen-bond donors (Lipinski definition) is 0. The maximum Gasteiger partial charge on any atom is 2.00 e. The quantitative estimate of drug-likeness (QED) is 0.500. The molecule has 0 unspecified atom stereocenters. The van der Waals surface area contributed by atoms with Gasteiger partial charge in [-0.25, -0.2) is 0 Å². The van der Waals surface area contributed by atoms with Gasteiger partial charge in [0.05, 0.1) is 0 Å². The van der Waals surface area contributed by atoms with Gasteiger partial charge in [0.25, 0.3) is 0 Å². The summed E-state index contributed by atoms with van der Waals surface area (Å²) in [4.78, 5) is 8.89. The number of carbonyl (C=O) groups is 1. The molecule has 0 aliphatic rings. The van der Waals surface area contributed by atoms with Gasteiger partial charge in [-0.15, -0.1) is 0 Å². The Morgan fingerprint density at radius 2 is 1.57 bits per heavy atom. The third kappa shape index (κ3) is 181. The Morgan fingerprint density at radius 3 is 1.57 bits per heavy atom. The number of hydrogen-bond acceptors (Lipinski definition) is 2. The number of carboxylic acids is 1. The molecule has 0 atom stereocenters. The van der Waals surface area contributed by atoms with Crippen LogP contribution in [0.5, 0.6) is 0 Å². The summed E-state index contributed by atoms with van der Waals surface area (Å²) < 4.78 is 0. The van der Waals surface area contributed by atoms with Crippen molar-refractivity contribution >= 4 is 5.97 Å². The van der Waals surface area contributed by atoms with Gasteiger partial charge in [0, 0.05) is 5.97 Å². The maximum atomic E-state index is 8.89. The molecule has 0 aliphatic carbocycles. The van der Waals surface area contributed by atoms with Gasteiger partial charge in [-0.3, -0.25) is 0 Å². The molecule has 0 bridgehead atoms. The van der Waals surface area contributed by atoms with E-state index in [1.165, 1.54) is 0 Å². The molecule has 0 N–H and O–H groups in total.